The SMILES string of the molecule is CC(C)(CCBr)NCc1cccc(Cl)c1. The monoisotopic (exact) mass is 289 g/mol. The minimum atomic E-state index is 0.159. The fraction of sp³-hybridized carbons (Fsp3) is 0.500. The fourth-order valence-electron chi connectivity index (χ4n) is 1.31. The average molecular weight is 291 g/mol. The van der Waals surface area contributed by atoms with Crippen LogP contribution in [0.25, 0.3) is 0 Å². The molecule has 1 aromatic carbocycles. The Hall–Kier alpha value is -0.0500. The van der Waals surface area contributed by atoms with Gasteiger partial charge in [-0.15, -0.1) is 0 Å². The molecule has 0 heterocycles. The van der Waals surface area contributed by atoms with Crippen molar-refractivity contribution < 1.29 is 0 Å². The van der Waals surface area contributed by atoms with Crippen LogP contribution in [0.5, 0.6) is 0 Å². The molecule has 0 bridgehead atoms. The maximum Gasteiger partial charge on any atom is 0.0409 e. The van der Waals surface area contributed by atoms with E-state index in [1.54, 1.807) is 0 Å². The van der Waals surface area contributed by atoms with Crippen molar-refractivity contribution >= 4 is 27.5 Å². The van der Waals surface area contributed by atoms with Gasteiger partial charge < -0.3 is 5.32 Å². The molecule has 0 aliphatic rings. The van der Waals surface area contributed by atoms with Crippen LogP contribution in [0.15, 0.2) is 24.3 Å². The van der Waals surface area contributed by atoms with E-state index in [9.17, 15) is 0 Å². The van der Waals surface area contributed by atoms with Crippen LogP contribution in [0.1, 0.15) is 25.8 Å². The first kappa shape index (κ1) is 13.0. The van der Waals surface area contributed by atoms with Crippen molar-refractivity contribution in [1.82, 2.24) is 5.32 Å². The smallest absolute Gasteiger partial charge is 0.0409 e. The maximum atomic E-state index is 5.92. The number of nitrogens with one attached hydrogen (secondary N) is 1. The maximum absolute atomic E-state index is 5.92. The highest BCUT2D eigenvalue weighted by Crippen LogP contribution is 2.14. The third-order valence-electron chi connectivity index (χ3n) is 2.38. The molecular formula is C12H17BrClN. The average Bonchev–Trinajstić information content (AvgIpc) is 2.15. The van der Waals surface area contributed by atoms with Crippen LogP contribution in [-0.2, 0) is 6.54 Å². The molecule has 0 aliphatic carbocycles. The molecule has 0 fully saturated rings. The first-order chi connectivity index (χ1) is 7.03. The van der Waals surface area contributed by atoms with E-state index in [1.807, 2.05) is 18.2 Å². The summed E-state index contributed by atoms with van der Waals surface area (Å²) in [7, 11) is 0. The Bertz CT molecular complexity index is 312. The van der Waals surface area contributed by atoms with Crippen LogP contribution in [-0.4, -0.2) is 10.9 Å². The Morgan fingerprint density at radius 3 is 2.73 bits per heavy atom. The van der Waals surface area contributed by atoms with Gasteiger partial charge in [0, 0.05) is 22.4 Å². The predicted molar refractivity (Wildman–Crippen MR) is 70.8 cm³/mol. The fourth-order valence-corrected chi connectivity index (χ4v) is 2.52. The molecule has 0 amide bonds. The molecule has 0 radical (unpaired) electrons. The van der Waals surface area contributed by atoms with Gasteiger partial charge in [-0.1, -0.05) is 39.7 Å². The highest BCUT2D eigenvalue weighted by Gasteiger charge is 2.15. The third-order valence-corrected chi connectivity index (χ3v) is 3.01. The van der Waals surface area contributed by atoms with Crippen LogP contribution in [0, 0.1) is 0 Å². The van der Waals surface area contributed by atoms with Gasteiger partial charge in [-0.25, -0.2) is 0 Å². The number of benzene rings is 1. The number of hydrogen-bond acceptors (Lipinski definition) is 1. The quantitative estimate of drug-likeness (QED) is 0.809. The van der Waals surface area contributed by atoms with E-state index in [2.05, 4.69) is 41.2 Å². The normalized spacial score (nSPS) is 11.7. The van der Waals surface area contributed by atoms with Crippen molar-refractivity contribution in [1.29, 1.82) is 0 Å². The Balaban J connectivity index is 2.49. The Morgan fingerprint density at radius 2 is 2.13 bits per heavy atom. The standard InChI is InChI=1S/C12H17BrClN/c1-12(2,6-7-13)15-9-10-4-3-5-11(14)8-10/h3-5,8,15H,6-7,9H2,1-2H3. The lowest BCUT2D eigenvalue weighted by molar-refractivity contribution is 0.378. The van der Waals surface area contributed by atoms with Crippen LogP contribution >= 0.6 is 27.5 Å². The third kappa shape index (κ3) is 5.01. The Morgan fingerprint density at radius 1 is 1.40 bits per heavy atom. The van der Waals surface area contributed by atoms with Crippen molar-refractivity contribution in [3.63, 3.8) is 0 Å². The van der Waals surface area contributed by atoms with E-state index in [-0.39, 0.29) is 5.54 Å². The van der Waals surface area contributed by atoms with E-state index in [1.165, 1.54) is 5.56 Å². The highest BCUT2D eigenvalue weighted by atomic mass is 79.9. The summed E-state index contributed by atoms with van der Waals surface area (Å²) in [5.41, 5.74) is 1.39. The molecule has 1 aromatic rings. The zero-order valence-corrected chi connectivity index (χ0v) is 11.5. The van der Waals surface area contributed by atoms with E-state index < -0.39 is 0 Å². The van der Waals surface area contributed by atoms with E-state index in [0.29, 0.717) is 0 Å². The summed E-state index contributed by atoms with van der Waals surface area (Å²) in [5, 5.41) is 5.33. The van der Waals surface area contributed by atoms with Gasteiger partial charge in [0.05, 0.1) is 0 Å². The topological polar surface area (TPSA) is 12.0 Å². The van der Waals surface area contributed by atoms with Crippen molar-refractivity contribution in [2.45, 2.75) is 32.4 Å². The molecule has 0 atom stereocenters. The number of alkyl halides is 1. The Labute approximate surface area is 105 Å². The highest BCUT2D eigenvalue weighted by molar-refractivity contribution is 9.09. The molecule has 0 unspecified atom stereocenters. The summed E-state index contributed by atoms with van der Waals surface area (Å²) in [6.07, 6.45) is 1.10. The second-order valence-corrected chi connectivity index (χ2v) is 5.54. The van der Waals surface area contributed by atoms with Crippen LogP contribution in [0.3, 0.4) is 0 Å². The van der Waals surface area contributed by atoms with E-state index >= 15 is 0 Å². The predicted octanol–water partition coefficient (Wildman–Crippen LogP) is 3.99. The summed E-state index contributed by atoms with van der Waals surface area (Å²) in [5.74, 6) is 0. The molecule has 0 aliphatic heterocycles. The molecule has 0 saturated carbocycles. The molecule has 3 heteroatoms. The van der Waals surface area contributed by atoms with Crippen molar-refractivity contribution in [2.24, 2.45) is 0 Å². The Kier molecular flexibility index (Phi) is 5.10. The largest absolute Gasteiger partial charge is 0.308 e. The molecule has 15 heavy (non-hydrogen) atoms. The van der Waals surface area contributed by atoms with Gasteiger partial charge in [-0.3, -0.25) is 0 Å². The molecule has 0 aromatic heterocycles. The van der Waals surface area contributed by atoms with Gasteiger partial charge in [-0.2, -0.15) is 0 Å². The summed E-state index contributed by atoms with van der Waals surface area (Å²) in [4.78, 5) is 0. The molecule has 0 saturated heterocycles. The zero-order chi connectivity index (χ0) is 11.3. The van der Waals surface area contributed by atoms with Gasteiger partial charge in [0.25, 0.3) is 0 Å². The minimum Gasteiger partial charge on any atom is -0.308 e. The number of halogens is 2. The van der Waals surface area contributed by atoms with Crippen molar-refractivity contribution in [3.8, 4) is 0 Å². The number of hydrogen-bond donors (Lipinski definition) is 1. The summed E-state index contributed by atoms with van der Waals surface area (Å²) >= 11 is 9.38. The van der Waals surface area contributed by atoms with Gasteiger partial charge in [-0.05, 0) is 38.0 Å². The van der Waals surface area contributed by atoms with Crippen LogP contribution in [0.2, 0.25) is 5.02 Å². The van der Waals surface area contributed by atoms with Gasteiger partial charge in [0.1, 0.15) is 0 Å². The lowest BCUT2D eigenvalue weighted by atomic mass is 10.0. The van der Waals surface area contributed by atoms with E-state index in [4.69, 9.17) is 11.6 Å². The second-order valence-electron chi connectivity index (χ2n) is 4.31. The van der Waals surface area contributed by atoms with Gasteiger partial charge in [0.15, 0.2) is 0 Å². The van der Waals surface area contributed by atoms with Gasteiger partial charge in [0.2, 0.25) is 0 Å². The molecular weight excluding hydrogens is 273 g/mol. The lowest BCUT2D eigenvalue weighted by Gasteiger charge is -2.25. The molecule has 0 spiro atoms. The molecule has 1 rings (SSSR count). The van der Waals surface area contributed by atoms with Crippen molar-refractivity contribution in [3.05, 3.63) is 34.9 Å². The molecule has 1 N–H and O–H groups in total. The van der Waals surface area contributed by atoms with Crippen LogP contribution < -0.4 is 5.32 Å². The summed E-state index contributed by atoms with van der Waals surface area (Å²) in [6.45, 7) is 5.28. The summed E-state index contributed by atoms with van der Waals surface area (Å²) < 4.78 is 0. The molecule has 1 nitrogen and oxygen atoms in total. The van der Waals surface area contributed by atoms with Crippen molar-refractivity contribution in [2.75, 3.05) is 5.33 Å². The first-order valence-electron chi connectivity index (χ1n) is 5.09. The molecule has 84 valence electrons. The van der Waals surface area contributed by atoms with E-state index in [0.717, 1.165) is 23.3 Å². The zero-order valence-electron chi connectivity index (χ0n) is 9.19. The summed E-state index contributed by atoms with van der Waals surface area (Å²) in [6, 6.07) is 7.97. The second kappa shape index (κ2) is 5.88. The number of rotatable bonds is 5. The minimum absolute atomic E-state index is 0.159. The first-order valence-corrected chi connectivity index (χ1v) is 6.59. The van der Waals surface area contributed by atoms with Crippen LogP contribution in [0.4, 0.5) is 0 Å². The van der Waals surface area contributed by atoms with Gasteiger partial charge >= 0.3 is 0 Å². The lowest BCUT2D eigenvalue weighted by Crippen LogP contribution is -2.38.